The Morgan fingerprint density at radius 1 is 0.778 bits per heavy atom. The molecule has 0 unspecified atom stereocenters. The van der Waals surface area contributed by atoms with E-state index in [2.05, 4.69) is 0 Å². The van der Waals surface area contributed by atoms with Gasteiger partial charge in [0.15, 0.2) is 0 Å². The van der Waals surface area contributed by atoms with E-state index in [4.69, 9.17) is 5.65 Å². The molecule has 56 valence electrons. The fourth-order valence-corrected chi connectivity index (χ4v) is 71.2. The first kappa shape index (κ1) is 12.8. The molecule has 0 atom stereocenters. The van der Waals surface area contributed by atoms with E-state index in [1.165, 1.54) is 0 Å². The molecule has 0 saturated carbocycles. The fourth-order valence-electron chi connectivity index (χ4n) is 0.294. The van der Waals surface area contributed by atoms with Crippen LogP contribution in [-0.2, 0) is 5.65 Å². The number of rotatable bonds is 6. The molecule has 0 saturated heterocycles. The van der Waals surface area contributed by atoms with Gasteiger partial charge in [0.05, 0.1) is 0 Å². The van der Waals surface area contributed by atoms with E-state index in [-0.39, 0.29) is 0 Å². The molecule has 9 heteroatoms. The molecule has 0 amide bonds. The zero-order valence-electron chi connectivity index (χ0n) is 5.75. The van der Waals surface area contributed by atoms with Gasteiger partial charge < -0.3 is 0 Å². The fraction of sp³-hybridized carbons (Fsp3) is 0. The summed E-state index contributed by atoms with van der Waals surface area (Å²) in [7, 11) is 0. The predicted molar refractivity (Wildman–Crippen MR) is 49.9 cm³/mol. The van der Waals surface area contributed by atoms with Crippen molar-refractivity contribution in [1.82, 2.24) is 0 Å². The first-order valence-electron chi connectivity index (χ1n) is 2.55. The monoisotopic (exact) mass is 676 g/mol. The van der Waals surface area contributed by atoms with Crippen molar-refractivity contribution in [2.24, 2.45) is 0 Å². The summed E-state index contributed by atoms with van der Waals surface area (Å²) in [5, 5.41) is 0. The van der Waals surface area contributed by atoms with E-state index in [0.29, 0.717) is 45.9 Å². The van der Waals surface area contributed by atoms with Crippen LogP contribution in [-0.4, -0.2) is 112 Å². The molecule has 9 heavy (non-hydrogen) atoms. The van der Waals surface area contributed by atoms with Crippen LogP contribution in [0.3, 0.4) is 0 Å². The minimum atomic E-state index is -1.15. The first-order valence-corrected chi connectivity index (χ1v) is 17.1. The summed E-state index contributed by atoms with van der Waals surface area (Å²) in [6, 6.07) is 0. The first-order chi connectivity index (χ1) is 4.41. The average molecular weight is 670 g/mol. The van der Waals surface area contributed by atoms with E-state index in [0.717, 1.165) is 0 Å². The molecule has 4 nitrogen and oxygen atoms in total. The molecule has 0 aliphatic rings. The molecule has 0 aliphatic carbocycles. The Labute approximate surface area is 115 Å². The van der Waals surface area contributed by atoms with Crippen LogP contribution in [0, 0.1) is 0 Å². The molecule has 0 rings (SSSR count). The topological polar surface area (TPSA) is 36.9 Å². The van der Waals surface area contributed by atoms with Gasteiger partial charge in [0.2, 0.25) is 0 Å². The summed E-state index contributed by atoms with van der Waals surface area (Å²) in [6.45, 7) is 0. The minimum absolute atomic E-state index is 0.413. The molecule has 0 bridgehead atoms. The third-order valence-corrected chi connectivity index (χ3v) is 25.6. The maximum atomic E-state index is 5.31. The molecule has 0 fully saturated rings. The summed E-state index contributed by atoms with van der Waals surface area (Å²) >= 11 is -2.49. The van der Waals surface area contributed by atoms with Crippen LogP contribution >= 0.6 is 0 Å². The summed E-state index contributed by atoms with van der Waals surface area (Å²) in [6.07, 6.45) is 0. The van der Waals surface area contributed by atoms with Gasteiger partial charge in [-0.2, -0.15) is 0 Å². The van der Waals surface area contributed by atoms with Crippen LogP contribution in [0.1, 0.15) is 0 Å². The van der Waals surface area contributed by atoms with Crippen molar-refractivity contribution in [1.29, 1.82) is 0 Å². The number of hydrogen-bond donors (Lipinski definition) is 0. The van der Waals surface area contributed by atoms with E-state index in [1.54, 1.807) is 0 Å². The zero-order valence-corrected chi connectivity index (χ0v) is 29.3. The van der Waals surface area contributed by atoms with Gasteiger partial charge in [-0.05, 0) is 0 Å². The second kappa shape index (κ2) is 11.8. The molecule has 0 aliphatic heterocycles. The van der Waals surface area contributed by atoms with Gasteiger partial charge in [-0.15, -0.1) is 0 Å². The van der Waals surface area contributed by atoms with Gasteiger partial charge in [-0.25, -0.2) is 0 Å². The van der Waals surface area contributed by atoms with Crippen LogP contribution in [0.5, 0.6) is 0 Å². The molecule has 0 aromatic rings. The van der Waals surface area contributed by atoms with Gasteiger partial charge in [0.25, 0.3) is 0 Å². The van der Waals surface area contributed by atoms with Crippen LogP contribution in [0.15, 0.2) is 0 Å². The maximum absolute atomic E-state index is 5.31. The Balaban J connectivity index is 2.60. The van der Waals surface area contributed by atoms with E-state index in [9.17, 15) is 0 Å². The van der Waals surface area contributed by atoms with E-state index < -0.39 is 65.9 Å². The van der Waals surface area contributed by atoms with Crippen molar-refractivity contribution in [3.8, 4) is 0 Å². The van der Waals surface area contributed by atoms with Gasteiger partial charge in [-0.3, -0.25) is 0 Å². The average Bonchev–Trinajstić information content (AvgIpc) is 1.89. The second-order valence-corrected chi connectivity index (χ2v) is 46.7. The third-order valence-electron chi connectivity index (χ3n) is 0.569. The molecule has 0 heterocycles. The Morgan fingerprint density at radius 3 is 1.56 bits per heavy atom. The van der Waals surface area contributed by atoms with E-state index >= 15 is 0 Å². The summed E-state index contributed by atoms with van der Waals surface area (Å²) in [5.41, 5.74) is 0. The zero-order chi connectivity index (χ0) is 6.95. The van der Waals surface area contributed by atoms with Gasteiger partial charge >= 0.3 is 117 Å². The molecule has 0 spiro atoms. The van der Waals surface area contributed by atoms with Crippen LogP contribution in [0.2, 0.25) is 0 Å². The van der Waals surface area contributed by atoms with Crippen molar-refractivity contribution in [2.45, 2.75) is 0 Å². The van der Waals surface area contributed by atoms with Crippen molar-refractivity contribution in [3.05, 3.63) is 0 Å². The van der Waals surface area contributed by atoms with Gasteiger partial charge in [-0.1, -0.05) is 0 Å². The molecular weight excluding hydrogens is 658 g/mol. The number of hydrogen-bond acceptors (Lipinski definition) is 4. The Hall–Kier alpha value is 3.83. The van der Waals surface area contributed by atoms with E-state index in [1.807, 2.05) is 0 Å². The normalized spacial score (nSPS) is 14.7. The summed E-state index contributed by atoms with van der Waals surface area (Å²) < 4.78 is 20.8. The van der Waals surface area contributed by atoms with Gasteiger partial charge in [0.1, 0.15) is 0 Å². The molecule has 0 N–H and O–H groups in total. The van der Waals surface area contributed by atoms with Crippen LogP contribution < -0.4 is 0 Å². The molecule has 0 radical (unpaired) electrons. The Morgan fingerprint density at radius 2 is 1.22 bits per heavy atom. The Bertz CT molecular complexity index is 42.2. The second-order valence-electron chi connectivity index (χ2n) is 1.34. The molecule has 0 aromatic heterocycles. The third kappa shape index (κ3) is 11.8. The Kier molecular flexibility index (Phi) is 16.9. The van der Waals surface area contributed by atoms with Gasteiger partial charge in [0, 0.05) is 0 Å². The van der Waals surface area contributed by atoms with Crippen molar-refractivity contribution >= 4 is 112 Å². The van der Waals surface area contributed by atoms with Crippen LogP contribution in [0.4, 0.5) is 0 Å². The predicted octanol–water partition coefficient (Wildman–Crippen LogP) is -5.39. The summed E-state index contributed by atoms with van der Waals surface area (Å²) in [5.74, 6) is 0. The quantitative estimate of drug-likeness (QED) is 0.209. The molecule has 0 aromatic carbocycles. The standard InChI is InChI=1S/4O.5Sn.12H. The van der Waals surface area contributed by atoms with Crippen molar-refractivity contribution in [3.63, 3.8) is 0 Å². The SMILES string of the molecule is [SnH3][O][SnH2][O][SnH2][O][SnH2][O][SnH3]. The summed E-state index contributed by atoms with van der Waals surface area (Å²) in [4.78, 5) is 0. The van der Waals surface area contributed by atoms with Crippen LogP contribution in [0.25, 0.3) is 0 Å². The molecular formula is H12O4Sn5. The van der Waals surface area contributed by atoms with Crippen molar-refractivity contribution in [2.75, 3.05) is 0 Å². The van der Waals surface area contributed by atoms with Crippen molar-refractivity contribution < 1.29 is 5.65 Å².